The van der Waals surface area contributed by atoms with Gasteiger partial charge in [0.1, 0.15) is 0 Å². The molecule has 11 heavy (non-hydrogen) atoms. The highest BCUT2D eigenvalue weighted by Gasteiger charge is 2.15. The van der Waals surface area contributed by atoms with Crippen LogP contribution >= 0.6 is 12.2 Å². The Morgan fingerprint density at radius 3 is 2.64 bits per heavy atom. The predicted octanol–water partition coefficient (Wildman–Crippen LogP) is 3.29. The molecule has 0 bridgehead atoms. The summed E-state index contributed by atoms with van der Waals surface area (Å²) in [6, 6.07) is 0. The van der Waals surface area contributed by atoms with E-state index in [0.29, 0.717) is 5.92 Å². The largest absolute Gasteiger partial charge is 0.0843 e. The molecule has 60 valence electrons. The van der Waals surface area contributed by atoms with E-state index in [-0.39, 0.29) is 0 Å². The third kappa shape index (κ3) is 1.78. The third-order valence-electron chi connectivity index (χ3n) is 2.18. The molecular weight excluding hydrogens is 152 g/mol. The monoisotopic (exact) mass is 166 g/mol. The van der Waals surface area contributed by atoms with Gasteiger partial charge >= 0.3 is 0 Å². The topological polar surface area (TPSA) is 0 Å². The first-order valence-electron chi connectivity index (χ1n) is 4.20. The van der Waals surface area contributed by atoms with E-state index >= 15 is 0 Å². The van der Waals surface area contributed by atoms with Crippen molar-refractivity contribution >= 4 is 17.1 Å². The van der Waals surface area contributed by atoms with Crippen molar-refractivity contribution < 1.29 is 0 Å². The van der Waals surface area contributed by atoms with Gasteiger partial charge in [-0.25, -0.2) is 0 Å². The van der Waals surface area contributed by atoms with Gasteiger partial charge in [0, 0.05) is 10.8 Å². The molecule has 1 atom stereocenters. The highest BCUT2D eigenvalue weighted by atomic mass is 32.1. The van der Waals surface area contributed by atoms with Crippen molar-refractivity contribution in [1.29, 1.82) is 0 Å². The summed E-state index contributed by atoms with van der Waals surface area (Å²) in [5, 5.41) is 0. The third-order valence-corrected chi connectivity index (χ3v) is 2.60. The van der Waals surface area contributed by atoms with Crippen molar-refractivity contribution in [1.82, 2.24) is 0 Å². The SMILES string of the molecule is CCC1=CC=CC(=S)C1CC. The van der Waals surface area contributed by atoms with Gasteiger partial charge < -0.3 is 0 Å². The molecule has 0 aromatic carbocycles. The first-order chi connectivity index (χ1) is 5.29. The Kier molecular flexibility index (Phi) is 3.01. The number of thiocarbonyl (C=S) groups is 1. The van der Waals surface area contributed by atoms with Crippen LogP contribution in [0.1, 0.15) is 26.7 Å². The summed E-state index contributed by atoms with van der Waals surface area (Å²) in [5.41, 5.74) is 1.49. The quantitative estimate of drug-likeness (QED) is 0.567. The standard InChI is InChI=1S/C10H14S/c1-3-8-6-5-7-10(11)9(8)4-2/h5-7,9H,3-4H2,1-2H3. The van der Waals surface area contributed by atoms with Gasteiger partial charge in [0.2, 0.25) is 0 Å². The van der Waals surface area contributed by atoms with Crippen LogP contribution < -0.4 is 0 Å². The molecule has 0 radical (unpaired) electrons. The van der Waals surface area contributed by atoms with Gasteiger partial charge in [-0.2, -0.15) is 0 Å². The molecule has 0 saturated heterocycles. The second-order valence-corrected chi connectivity index (χ2v) is 3.29. The fourth-order valence-electron chi connectivity index (χ4n) is 1.51. The fraction of sp³-hybridized carbons (Fsp3) is 0.500. The molecule has 0 saturated carbocycles. The Hall–Kier alpha value is -0.430. The first kappa shape index (κ1) is 8.66. The van der Waals surface area contributed by atoms with Crippen LogP contribution in [0.25, 0.3) is 0 Å². The molecule has 0 heterocycles. The van der Waals surface area contributed by atoms with Crippen LogP contribution in [0, 0.1) is 5.92 Å². The van der Waals surface area contributed by atoms with Crippen molar-refractivity contribution in [2.75, 3.05) is 0 Å². The Morgan fingerprint density at radius 2 is 2.18 bits per heavy atom. The lowest BCUT2D eigenvalue weighted by atomic mass is 9.88. The zero-order valence-corrected chi connectivity index (χ0v) is 7.95. The molecule has 1 rings (SSSR count). The Bertz CT molecular complexity index is 211. The molecule has 0 N–H and O–H groups in total. The molecule has 0 aromatic heterocycles. The zero-order chi connectivity index (χ0) is 8.27. The number of allylic oxidation sites excluding steroid dienone is 4. The van der Waals surface area contributed by atoms with Gasteiger partial charge in [-0.1, -0.05) is 43.8 Å². The summed E-state index contributed by atoms with van der Waals surface area (Å²) >= 11 is 5.24. The van der Waals surface area contributed by atoms with E-state index in [0.717, 1.165) is 17.7 Å². The van der Waals surface area contributed by atoms with Crippen molar-refractivity contribution in [3.8, 4) is 0 Å². The molecule has 1 aliphatic rings. The summed E-state index contributed by atoms with van der Waals surface area (Å²) in [5.74, 6) is 0.542. The molecule has 0 aromatic rings. The average molecular weight is 166 g/mol. The average Bonchev–Trinajstić information content (AvgIpc) is 2.04. The van der Waals surface area contributed by atoms with E-state index in [2.05, 4.69) is 26.0 Å². The summed E-state index contributed by atoms with van der Waals surface area (Å²) in [6.45, 7) is 4.38. The van der Waals surface area contributed by atoms with Gasteiger partial charge in [0.25, 0.3) is 0 Å². The van der Waals surface area contributed by atoms with Gasteiger partial charge in [-0.3, -0.25) is 0 Å². The second-order valence-electron chi connectivity index (χ2n) is 2.82. The van der Waals surface area contributed by atoms with Crippen molar-refractivity contribution in [3.05, 3.63) is 23.8 Å². The van der Waals surface area contributed by atoms with E-state index in [4.69, 9.17) is 12.2 Å². The van der Waals surface area contributed by atoms with E-state index in [1.165, 1.54) is 5.57 Å². The minimum Gasteiger partial charge on any atom is -0.0843 e. The predicted molar refractivity (Wildman–Crippen MR) is 53.9 cm³/mol. The van der Waals surface area contributed by atoms with E-state index in [9.17, 15) is 0 Å². The molecule has 0 spiro atoms. The van der Waals surface area contributed by atoms with Gasteiger partial charge in [0.15, 0.2) is 0 Å². The normalized spacial score (nSPS) is 23.6. The summed E-state index contributed by atoms with van der Waals surface area (Å²) < 4.78 is 0. The van der Waals surface area contributed by atoms with Crippen LogP contribution in [0.15, 0.2) is 23.8 Å². The van der Waals surface area contributed by atoms with Crippen LogP contribution in [0.3, 0.4) is 0 Å². The maximum absolute atomic E-state index is 5.24. The molecule has 0 nitrogen and oxygen atoms in total. The van der Waals surface area contributed by atoms with Crippen LogP contribution in [-0.2, 0) is 0 Å². The summed E-state index contributed by atoms with van der Waals surface area (Å²) in [4.78, 5) is 1.10. The van der Waals surface area contributed by atoms with Crippen LogP contribution in [-0.4, -0.2) is 4.86 Å². The minimum absolute atomic E-state index is 0.542. The highest BCUT2D eigenvalue weighted by molar-refractivity contribution is 7.80. The Morgan fingerprint density at radius 1 is 1.45 bits per heavy atom. The second kappa shape index (κ2) is 3.82. The maximum Gasteiger partial charge on any atom is 0.0223 e. The molecule has 1 aliphatic carbocycles. The highest BCUT2D eigenvalue weighted by Crippen LogP contribution is 2.24. The lowest BCUT2D eigenvalue weighted by molar-refractivity contribution is 0.743. The lowest BCUT2D eigenvalue weighted by Gasteiger charge is -2.19. The van der Waals surface area contributed by atoms with Crippen LogP contribution in [0.2, 0.25) is 0 Å². The summed E-state index contributed by atoms with van der Waals surface area (Å²) in [7, 11) is 0. The Labute approximate surface area is 74.0 Å². The van der Waals surface area contributed by atoms with Crippen LogP contribution in [0.4, 0.5) is 0 Å². The fourth-order valence-corrected chi connectivity index (χ4v) is 1.91. The van der Waals surface area contributed by atoms with Crippen molar-refractivity contribution in [3.63, 3.8) is 0 Å². The first-order valence-corrected chi connectivity index (χ1v) is 4.61. The Balaban J connectivity index is 2.81. The van der Waals surface area contributed by atoms with E-state index in [1.807, 2.05) is 6.08 Å². The number of hydrogen-bond donors (Lipinski definition) is 0. The maximum atomic E-state index is 5.24. The smallest absolute Gasteiger partial charge is 0.0223 e. The number of rotatable bonds is 2. The van der Waals surface area contributed by atoms with Gasteiger partial charge in [-0.05, 0) is 18.9 Å². The van der Waals surface area contributed by atoms with E-state index in [1.54, 1.807) is 0 Å². The molecule has 1 heteroatoms. The number of hydrogen-bond acceptors (Lipinski definition) is 1. The molecular formula is C10H14S. The molecule has 0 fully saturated rings. The van der Waals surface area contributed by atoms with Crippen LogP contribution in [0.5, 0.6) is 0 Å². The van der Waals surface area contributed by atoms with Crippen molar-refractivity contribution in [2.45, 2.75) is 26.7 Å². The molecule has 0 amide bonds. The van der Waals surface area contributed by atoms with Gasteiger partial charge in [-0.15, -0.1) is 0 Å². The lowest BCUT2D eigenvalue weighted by Crippen LogP contribution is -2.14. The zero-order valence-electron chi connectivity index (χ0n) is 7.13. The molecule has 1 unspecified atom stereocenters. The van der Waals surface area contributed by atoms with Gasteiger partial charge in [0.05, 0.1) is 0 Å². The van der Waals surface area contributed by atoms with E-state index < -0.39 is 0 Å². The summed E-state index contributed by atoms with van der Waals surface area (Å²) in [6.07, 6.45) is 8.58. The minimum atomic E-state index is 0.542. The molecule has 0 aliphatic heterocycles. The van der Waals surface area contributed by atoms with Crippen molar-refractivity contribution in [2.24, 2.45) is 5.92 Å².